The Bertz CT molecular complexity index is 773. The van der Waals surface area contributed by atoms with Crippen LogP contribution in [0.4, 0.5) is 0 Å². The van der Waals surface area contributed by atoms with Gasteiger partial charge in [0, 0.05) is 11.1 Å². The van der Waals surface area contributed by atoms with Crippen molar-refractivity contribution in [2.45, 2.75) is 63.2 Å². The first-order valence-corrected chi connectivity index (χ1v) is 10.6. The van der Waals surface area contributed by atoms with Gasteiger partial charge in [-0.15, -0.1) is 0 Å². The van der Waals surface area contributed by atoms with Crippen molar-refractivity contribution in [3.63, 3.8) is 0 Å². The Morgan fingerprint density at radius 1 is 0.714 bits per heavy atom. The monoisotopic (exact) mass is 378 g/mol. The molecule has 0 spiro atoms. The van der Waals surface area contributed by atoms with Crippen molar-refractivity contribution >= 4 is 5.78 Å². The number of carbonyl (C=O) groups is 1. The highest BCUT2D eigenvalue weighted by Gasteiger charge is 2.28. The molecule has 0 amide bonds. The lowest BCUT2D eigenvalue weighted by Crippen LogP contribution is -2.12. The van der Waals surface area contributed by atoms with E-state index in [4.69, 9.17) is 9.47 Å². The molecule has 0 unspecified atom stereocenters. The SMILES string of the molecule is COc1ccc(C(=O)c2ccc(OC)cc2C2CCCC2)c(C2CCCC2)c1. The van der Waals surface area contributed by atoms with Gasteiger partial charge in [0.25, 0.3) is 0 Å². The van der Waals surface area contributed by atoms with Crippen molar-refractivity contribution in [1.82, 2.24) is 0 Å². The minimum absolute atomic E-state index is 0.147. The molecule has 28 heavy (non-hydrogen) atoms. The van der Waals surface area contributed by atoms with Gasteiger partial charge in [-0.25, -0.2) is 0 Å². The van der Waals surface area contributed by atoms with E-state index in [0.717, 1.165) is 59.4 Å². The van der Waals surface area contributed by atoms with Gasteiger partial charge < -0.3 is 9.47 Å². The van der Waals surface area contributed by atoms with Crippen LogP contribution in [0.15, 0.2) is 36.4 Å². The molecule has 2 aromatic rings. The smallest absolute Gasteiger partial charge is 0.193 e. The number of benzene rings is 2. The maximum atomic E-state index is 13.7. The summed E-state index contributed by atoms with van der Waals surface area (Å²) in [7, 11) is 3.38. The van der Waals surface area contributed by atoms with Gasteiger partial charge in [-0.3, -0.25) is 4.79 Å². The number of methoxy groups -OCH3 is 2. The molecular weight excluding hydrogens is 348 g/mol. The van der Waals surface area contributed by atoms with E-state index in [9.17, 15) is 4.79 Å². The zero-order valence-electron chi connectivity index (χ0n) is 17.0. The van der Waals surface area contributed by atoms with Crippen LogP contribution in [-0.2, 0) is 0 Å². The number of carbonyl (C=O) groups excluding carboxylic acids is 1. The van der Waals surface area contributed by atoms with Crippen LogP contribution in [0, 0.1) is 0 Å². The molecule has 0 bridgehead atoms. The van der Waals surface area contributed by atoms with E-state index in [1.54, 1.807) is 14.2 Å². The molecule has 2 saturated carbocycles. The number of hydrogen-bond donors (Lipinski definition) is 0. The lowest BCUT2D eigenvalue weighted by Gasteiger charge is -2.19. The molecule has 2 aromatic carbocycles. The fourth-order valence-electron chi connectivity index (χ4n) is 5.04. The molecule has 0 radical (unpaired) electrons. The van der Waals surface area contributed by atoms with Crippen LogP contribution < -0.4 is 9.47 Å². The third-order valence-electron chi connectivity index (χ3n) is 6.60. The summed E-state index contributed by atoms with van der Waals surface area (Å²) in [5.74, 6) is 2.74. The minimum atomic E-state index is 0.147. The summed E-state index contributed by atoms with van der Waals surface area (Å²) < 4.78 is 10.9. The van der Waals surface area contributed by atoms with Gasteiger partial charge in [0.1, 0.15) is 11.5 Å². The number of ether oxygens (including phenoxy) is 2. The highest BCUT2D eigenvalue weighted by Crippen LogP contribution is 2.41. The predicted octanol–water partition coefficient (Wildman–Crippen LogP) is 6.25. The van der Waals surface area contributed by atoms with E-state index in [0.29, 0.717) is 11.8 Å². The molecule has 3 nitrogen and oxygen atoms in total. The number of ketones is 1. The minimum Gasteiger partial charge on any atom is -0.497 e. The Labute approximate surface area is 168 Å². The molecule has 2 aliphatic carbocycles. The molecule has 148 valence electrons. The first kappa shape index (κ1) is 19.0. The van der Waals surface area contributed by atoms with Crippen LogP contribution in [0.25, 0.3) is 0 Å². The highest BCUT2D eigenvalue weighted by molar-refractivity contribution is 6.11. The van der Waals surface area contributed by atoms with Crippen molar-refractivity contribution in [2.24, 2.45) is 0 Å². The van der Waals surface area contributed by atoms with Gasteiger partial charge in [-0.1, -0.05) is 25.7 Å². The summed E-state index contributed by atoms with van der Waals surface area (Å²) in [4.78, 5) is 13.7. The second-order valence-electron chi connectivity index (χ2n) is 8.20. The molecule has 3 heteroatoms. The first-order valence-electron chi connectivity index (χ1n) is 10.6. The van der Waals surface area contributed by atoms with Crippen LogP contribution in [0.1, 0.15) is 90.3 Å². The van der Waals surface area contributed by atoms with E-state index in [2.05, 4.69) is 12.1 Å². The summed E-state index contributed by atoms with van der Waals surface area (Å²) in [6.45, 7) is 0. The Balaban J connectivity index is 1.77. The average Bonchev–Trinajstić information content (AvgIpc) is 3.46. The third-order valence-corrected chi connectivity index (χ3v) is 6.60. The van der Waals surface area contributed by atoms with Gasteiger partial charge >= 0.3 is 0 Å². The normalized spacial score (nSPS) is 17.8. The molecule has 0 heterocycles. The topological polar surface area (TPSA) is 35.5 Å². The molecule has 0 saturated heterocycles. The average molecular weight is 379 g/mol. The van der Waals surface area contributed by atoms with Crippen molar-refractivity contribution in [1.29, 1.82) is 0 Å². The maximum absolute atomic E-state index is 13.7. The van der Waals surface area contributed by atoms with Gasteiger partial charge in [0.15, 0.2) is 5.78 Å². The van der Waals surface area contributed by atoms with Crippen molar-refractivity contribution in [2.75, 3.05) is 14.2 Å². The first-order chi connectivity index (χ1) is 13.7. The number of hydrogen-bond acceptors (Lipinski definition) is 3. The Morgan fingerprint density at radius 2 is 1.11 bits per heavy atom. The molecule has 2 aliphatic rings. The molecule has 0 N–H and O–H groups in total. The summed E-state index contributed by atoms with van der Waals surface area (Å²) in [6.07, 6.45) is 9.60. The largest absolute Gasteiger partial charge is 0.497 e. The van der Waals surface area contributed by atoms with Crippen LogP contribution in [-0.4, -0.2) is 20.0 Å². The zero-order chi connectivity index (χ0) is 19.5. The molecule has 0 aliphatic heterocycles. The van der Waals surface area contributed by atoms with Crippen LogP contribution >= 0.6 is 0 Å². The summed E-state index contributed by atoms with van der Waals surface area (Å²) in [5, 5.41) is 0. The lowest BCUT2D eigenvalue weighted by molar-refractivity contribution is 0.103. The fourth-order valence-corrected chi connectivity index (χ4v) is 5.04. The van der Waals surface area contributed by atoms with Gasteiger partial charge in [-0.2, -0.15) is 0 Å². The maximum Gasteiger partial charge on any atom is 0.193 e. The van der Waals surface area contributed by atoms with Crippen LogP contribution in [0.5, 0.6) is 11.5 Å². The molecule has 4 rings (SSSR count). The van der Waals surface area contributed by atoms with Gasteiger partial charge in [0.05, 0.1) is 14.2 Å². The van der Waals surface area contributed by atoms with Gasteiger partial charge in [0.2, 0.25) is 0 Å². The predicted molar refractivity (Wildman–Crippen MR) is 112 cm³/mol. The van der Waals surface area contributed by atoms with Crippen LogP contribution in [0.2, 0.25) is 0 Å². The summed E-state index contributed by atoms with van der Waals surface area (Å²) in [5.41, 5.74) is 4.01. The summed E-state index contributed by atoms with van der Waals surface area (Å²) >= 11 is 0. The van der Waals surface area contributed by atoms with E-state index in [1.165, 1.54) is 25.7 Å². The fraction of sp³-hybridized carbons (Fsp3) is 0.480. The quantitative estimate of drug-likeness (QED) is 0.557. The van der Waals surface area contributed by atoms with E-state index >= 15 is 0 Å². The van der Waals surface area contributed by atoms with E-state index in [1.807, 2.05) is 24.3 Å². The van der Waals surface area contributed by atoms with E-state index in [-0.39, 0.29) is 5.78 Å². The third kappa shape index (κ3) is 3.67. The number of rotatable bonds is 6. The summed E-state index contributed by atoms with van der Waals surface area (Å²) in [6, 6.07) is 12.0. The standard InChI is InChI=1S/C25H30O3/c1-27-19-11-13-21(23(15-19)17-7-3-4-8-17)25(26)22-14-12-20(28-2)16-24(22)18-9-5-6-10-18/h11-18H,3-10H2,1-2H3. The molecule has 0 atom stereocenters. The van der Waals surface area contributed by atoms with Crippen molar-refractivity contribution < 1.29 is 14.3 Å². The van der Waals surface area contributed by atoms with Gasteiger partial charge in [-0.05, 0) is 85.0 Å². The Morgan fingerprint density at radius 3 is 1.46 bits per heavy atom. The molecule has 0 aromatic heterocycles. The van der Waals surface area contributed by atoms with Crippen LogP contribution in [0.3, 0.4) is 0 Å². The van der Waals surface area contributed by atoms with Crippen molar-refractivity contribution in [3.05, 3.63) is 58.7 Å². The second-order valence-corrected chi connectivity index (χ2v) is 8.20. The zero-order valence-corrected chi connectivity index (χ0v) is 17.0. The van der Waals surface area contributed by atoms with E-state index < -0.39 is 0 Å². The lowest BCUT2D eigenvalue weighted by atomic mass is 9.85. The Hall–Kier alpha value is -2.29. The highest BCUT2D eigenvalue weighted by atomic mass is 16.5. The second kappa shape index (κ2) is 8.38. The van der Waals surface area contributed by atoms with Crippen molar-refractivity contribution in [3.8, 4) is 11.5 Å². The molecule has 2 fully saturated rings. The Kier molecular flexibility index (Phi) is 5.70. The molecular formula is C25H30O3.